The quantitative estimate of drug-likeness (QED) is 0.650. The molecule has 1 heterocycles. The molecule has 0 aromatic heterocycles. The van der Waals surface area contributed by atoms with Crippen molar-refractivity contribution >= 4 is 13.5 Å². The van der Waals surface area contributed by atoms with Crippen molar-refractivity contribution in [2.45, 2.75) is 38.5 Å². The van der Waals surface area contributed by atoms with E-state index < -0.39 is 0 Å². The number of likely N-dealkylation sites (N-methyl/N-ethyl adjacent to an activating group) is 1. The highest BCUT2D eigenvalue weighted by Crippen LogP contribution is 2.52. The van der Waals surface area contributed by atoms with Gasteiger partial charge in [0.05, 0.1) is 0 Å². The minimum absolute atomic E-state index is 0.191. The Morgan fingerprint density at radius 2 is 1.75 bits per heavy atom. The second kappa shape index (κ2) is 3.29. The van der Waals surface area contributed by atoms with Crippen molar-refractivity contribution in [1.82, 2.24) is 0 Å². The van der Waals surface area contributed by atoms with Gasteiger partial charge in [0.2, 0.25) is 0 Å². The largest absolute Gasteiger partial charge is 0.376 e. The molecule has 1 nitrogen and oxygen atoms in total. The molecule has 86 valence electrons. The number of hydrogen-bond donors (Lipinski definition) is 0. The summed E-state index contributed by atoms with van der Waals surface area (Å²) in [5, 5.41) is 0. The van der Waals surface area contributed by atoms with Gasteiger partial charge in [-0.05, 0) is 17.5 Å². The van der Waals surface area contributed by atoms with Gasteiger partial charge in [-0.3, -0.25) is 0 Å². The molecule has 16 heavy (non-hydrogen) atoms. The van der Waals surface area contributed by atoms with Crippen LogP contribution in [0, 0.1) is 5.92 Å². The average Bonchev–Trinajstić information content (AvgIpc) is 2.40. The monoisotopic (exact) mass is 215 g/mol. The third-order valence-electron chi connectivity index (χ3n) is 5.03. The van der Waals surface area contributed by atoms with E-state index in [4.69, 9.17) is 0 Å². The summed E-state index contributed by atoms with van der Waals surface area (Å²) in [7, 11) is 4.62. The van der Waals surface area contributed by atoms with E-state index in [1.54, 1.807) is 0 Å². The molecule has 1 aliphatic rings. The van der Waals surface area contributed by atoms with Gasteiger partial charge in [0.25, 0.3) is 0 Å². The SMILES string of the molecule is BC1(C(C)C)N(C)c2ccccc2C1(C)C. The summed E-state index contributed by atoms with van der Waals surface area (Å²) < 4.78 is 0. The van der Waals surface area contributed by atoms with Crippen molar-refractivity contribution in [3.63, 3.8) is 0 Å². The Labute approximate surface area is 100 Å². The van der Waals surface area contributed by atoms with Crippen LogP contribution in [0.15, 0.2) is 24.3 Å². The lowest BCUT2D eigenvalue weighted by Gasteiger charge is -2.47. The molecule has 0 spiro atoms. The van der Waals surface area contributed by atoms with Crippen LogP contribution in [-0.2, 0) is 5.41 Å². The molecular formula is C14H22BN. The Hall–Kier alpha value is -0.915. The lowest BCUT2D eigenvalue weighted by molar-refractivity contribution is 0.294. The maximum absolute atomic E-state index is 2.47. The van der Waals surface area contributed by atoms with Crippen LogP contribution in [0.3, 0.4) is 0 Å². The minimum Gasteiger partial charge on any atom is -0.376 e. The number of hydrogen-bond acceptors (Lipinski definition) is 1. The standard InChI is InChI=1S/C14H22BN/c1-10(2)14(15)13(3,4)11-8-6-7-9-12(11)16(14)5/h6-10H,15H2,1-5H3. The van der Waals surface area contributed by atoms with Crippen molar-refractivity contribution in [2.24, 2.45) is 5.92 Å². The second-order valence-electron chi connectivity index (χ2n) is 6.00. The fourth-order valence-electron chi connectivity index (χ4n) is 3.35. The highest BCUT2D eigenvalue weighted by atomic mass is 15.2. The highest BCUT2D eigenvalue weighted by molar-refractivity contribution is 6.20. The maximum Gasteiger partial charge on any atom is 0.136 e. The lowest BCUT2D eigenvalue weighted by Crippen LogP contribution is -2.58. The van der Waals surface area contributed by atoms with Crippen LogP contribution in [0.4, 0.5) is 5.69 Å². The first-order valence-electron chi connectivity index (χ1n) is 6.17. The summed E-state index contributed by atoms with van der Waals surface area (Å²) in [5.74, 6) is 0.625. The fraction of sp³-hybridized carbons (Fsp3) is 0.571. The molecule has 0 fully saturated rings. The van der Waals surface area contributed by atoms with Crippen LogP contribution in [0.2, 0.25) is 0 Å². The van der Waals surface area contributed by atoms with E-state index in [0.29, 0.717) is 5.92 Å². The predicted molar refractivity (Wildman–Crippen MR) is 74.0 cm³/mol. The molecule has 1 aliphatic heterocycles. The van der Waals surface area contributed by atoms with E-state index in [1.807, 2.05) is 0 Å². The van der Waals surface area contributed by atoms with Gasteiger partial charge in [-0.25, -0.2) is 0 Å². The van der Waals surface area contributed by atoms with Crippen LogP contribution < -0.4 is 4.90 Å². The Morgan fingerprint density at radius 1 is 1.19 bits per heavy atom. The van der Waals surface area contributed by atoms with Crippen molar-refractivity contribution in [2.75, 3.05) is 11.9 Å². The van der Waals surface area contributed by atoms with E-state index in [-0.39, 0.29) is 10.9 Å². The molecule has 0 amide bonds. The zero-order valence-corrected chi connectivity index (χ0v) is 11.3. The van der Waals surface area contributed by atoms with Crippen molar-refractivity contribution < 1.29 is 0 Å². The number of para-hydroxylation sites is 1. The zero-order valence-electron chi connectivity index (χ0n) is 11.3. The summed E-state index contributed by atoms with van der Waals surface area (Å²) >= 11 is 0. The number of rotatable bonds is 1. The van der Waals surface area contributed by atoms with Crippen LogP contribution in [0.1, 0.15) is 33.3 Å². The predicted octanol–water partition coefficient (Wildman–Crippen LogP) is 2.40. The summed E-state index contributed by atoms with van der Waals surface area (Å²) in [6, 6.07) is 8.81. The van der Waals surface area contributed by atoms with Gasteiger partial charge in [-0.15, -0.1) is 0 Å². The fourth-order valence-corrected chi connectivity index (χ4v) is 3.35. The molecular weight excluding hydrogens is 193 g/mol. The summed E-state index contributed by atoms with van der Waals surface area (Å²) in [5.41, 5.74) is 3.26. The Kier molecular flexibility index (Phi) is 2.38. The molecule has 0 radical (unpaired) electrons. The average molecular weight is 215 g/mol. The first-order valence-corrected chi connectivity index (χ1v) is 6.17. The molecule has 2 rings (SSSR count). The molecule has 0 aliphatic carbocycles. The van der Waals surface area contributed by atoms with Crippen LogP contribution in [0.5, 0.6) is 0 Å². The first-order chi connectivity index (χ1) is 7.33. The number of anilines is 1. The molecule has 0 bridgehead atoms. The summed E-state index contributed by atoms with van der Waals surface area (Å²) in [6.07, 6.45) is 0. The molecule has 0 saturated carbocycles. The van der Waals surface area contributed by atoms with Gasteiger partial charge in [0, 0.05) is 23.6 Å². The van der Waals surface area contributed by atoms with Gasteiger partial charge in [0.1, 0.15) is 7.85 Å². The van der Waals surface area contributed by atoms with Crippen LogP contribution in [-0.4, -0.2) is 20.3 Å². The van der Waals surface area contributed by atoms with E-state index in [1.165, 1.54) is 11.3 Å². The van der Waals surface area contributed by atoms with Crippen LogP contribution in [0.25, 0.3) is 0 Å². The molecule has 0 N–H and O–H groups in total. The smallest absolute Gasteiger partial charge is 0.136 e. The first kappa shape index (κ1) is 11.6. The van der Waals surface area contributed by atoms with Crippen molar-refractivity contribution in [3.05, 3.63) is 29.8 Å². The molecule has 2 heteroatoms. The molecule has 1 aromatic carbocycles. The van der Waals surface area contributed by atoms with Gasteiger partial charge in [0.15, 0.2) is 0 Å². The second-order valence-corrected chi connectivity index (χ2v) is 6.00. The van der Waals surface area contributed by atoms with Crippen molar-refractivity contribution in [1.29, 1.82) is 0 Å². The van der Waals surface area contributed by atoms with Crippen LogP contribution >= 0.6 is 0 Å². The number of benzene rings is 1. The molecule has 0 saturated heterocycles. The third-order valence-corrected chi connectivity index (χ3v) is 5.03. The number of nitrogens with zero attached hydrogens (tertiary/aromatic N) is 1. The van der Waals surface area contributed by atoms with Gasteiger partial charge in [-0.2, -0.15) is 0 Å². The van der Waals surface area contributed by atoms with E-state index in [2.05, 4.69) is 71.8 Å². The lowest BCUT2D eigenvalue weighted by atomic mass is 9.54. The highest BCUT2D eigenvalue weighted by Gasteiger charge is 2.53. The topological polar surface area (TPSA) is 3.24 Å². The molecule has 1 unspecified atom stereocenters. The van der Waals surface area contributed by atoms with Gasteiger partial charge in [-0.1, -0.05) is 45.9 Å². The zero-order chi connectivity index (χ0) is 12.1. The van der Waals surface area contributed by atoms with Gasteiger partial charge < -0.3 is 4.90 Å². The van der Waals surface area contributed by atoms with Gasteiger partial charge >= 0.3 is 0 Å². The van der Waals surface area contributed by atoms with E-state index in [9.17, 15) is 0 Å². The van der Waals surface area contributed by atoms with E-state index >= 15 is 0 Å². The number of fused-ring (bicyclic) bond motifs is 1. The molecule has 1 atom stereocenters. The maximum atomic E-state index is 2.47. The van der Waals surface area contributed by atoms with Crippen molar-refractivity contribution in [3.8, 4) is 0 Å². The minimum atomic E-state index is 0.191. The summed E-state index contributed by atoms with van der Waals surface area (Å²) in [4.78, 5) is 2.47. The Bertz CT molecular complexity index is 411. The normalized spacial score (nSPS) is 27.2. The third kappa shape index (κ3) is 1.13. The Morgan fingerprint density at radius 3 is 2.25 bits per heavy atom. The van der Waals surface area contributed by atoms with E-state index in [0.717, 1.165) is 0 Å². The Balaban J connectivity index is 2.66. The molecule has 1 aromatic rings. The summed E-state index contributed by atoms with van der Waals surface area (Å²) in [6.45, 7) is 9.39.